The maximum atomic E-state index is 7.49. The molecule has 58 valence electrons. The number of hydrogen-bond donors (Lipinski definition) is 1. The van der Waals surface area contributed by atoms with E-state index in [-0.39, 0.29) is 0 Å². The number of hydrogen-bond acceptors (Lipinski definition) is 2. The molecule has 1 N–H and O–H groups in total. The summed E-state index contributed by atoms with van der Waals surface area (Å²) >= 11 is 8.93. The molecule has 1 aliphatic carbocycles. The van der Waals surface area contributed by atoms with Crippen LogP contribution in [0.25, 0.3) is 0 Å². The van der Waals surface area contributed by atoms with Gasteiger partial charge in [0.25, 0.3) is 0 Å². The smallest absolute Gasteiger partial charge is 0.0934 e. The molecular weight excluding hydrogens is 227 g/mol. The highest BCUT2D eigenvalue weighted by Crippen LogP contribution is 2.19. The van der Waals surface area contributed by atoms with Gasteiger partial charge < -0.3 is 0 Å². The maximum Gasteiger partial charge on any atom is 0.0934 e. The lowest BCUT2D eigenvalue weighted by molar-refractivity contribution is 1.44. The van der Waals surface area contributed by atoms with E-state index in [0.29, 0.717) is 20.9 Å². The second-order valence-electron chi connectivity index (χ2n) is 2.01. The summed E-state index contributed by atoms with van der Waals surface area (Å²) in [5.74, 6) is 0. The number of nitrogens with one attached hydrogen (secondary N) is 1. The van der Waals surface area contributed by atoms with Crippen LogP contribution in [0.5, 0.6) is 0 Å². The molecule has 0 aromatic carbocycles. The van der Waals surface area contributed by atoms with Gasteiger partial charge in [0.15, 0.2) is 0 Å². The van der Waals surface area contributed by atoms with Gasteiger partial charge in [0.05, 0.1) is 11.4 Å². The summed E-state index contributed by atoms with van der Waals surface area (Å²) in [7, 11) is 1.64. The first-order chi connectivity index (χ1) is 5.15. The minimum Gasteiger partial charge on any atom is -0.297 e. The van der Waals surface area contributed by atoms with Gasteiger partial charge in [-0.3, -0.25) is 10.4 Å². The van der Waals surface area contributed by atoms with E-state index in [1.807, 2.05) is 0 Å². The van der Waals surface area contributed by atoms with Crippen molar-refractivity contribution in [1.82, 2.24) is 0 Å². The van der Waals surface area contributed by atoms with E-state index in [1.54, 1.807) is 19.2 Å². The molecule has 0 heterocycles. The van der Waals surface area contributed by atoms with Crippen LogP contribution in [0, 0.1) is 5.41 Å². The van der Waals surface area contributed by atoms with Gasteiger partial charge in [-0.15, -0.1) is 0 Å². The Morgan fingerprint density at radius 3 is 2.73 bits per heavy atom. The molecule has 0 bridgehead atoms. The number of halogens is 2. The van der Waals surface area contributed by atoms with Gasteiger partial charge in [-0.05, 0) is 28.1 Å². The van der Waals surface area contributed by atoms with Crippen LogP contribution >= 0.6 is 27.5 Å². The first-order valence-electron chi connectivity index (χ1n) is 2.95. The van der Waals surface area contributed by atoms with Crippen LogP contribution < -0.4 is 0 Å². The molecule has 0 atom stereocenters. The van der Waals surface area contributed by atoms with Crippen molar-refractivity contribution in [3.63, 3.8) is 0 Å². The molecule has 0 spiro atoms. The van der Waals surface area contributed by atoms with E-state index >= 15 is 0 Å². The third kappa shape index (κ3) is 1.79. The summed E-state index contributed by atoms with van der Waals surface area (Å²) in [6.07, 6.45) is 3.34. The SMILES string of the molecule is CN=C1C=C(Cl)C=C(Br)C1=N. The molecular formula is C7H6BrClN2. The molecule has 0 aliphatic heterocycles. The zero-order valence-electron chi connectivity index (χ0n) is 5.86. The molecule has 2 nitrogen and oxygen atoms in total. The fraction of sp³-hybridized carbons (Fsp3) is 0.143. The predicted molar refractivity (Wildman–Crippen MR) is 52.0 cm³/mol. The Bertz CT molecular complexity index is 289. The quantitative estimate of drug-likeness (QED) is 0.624. The molecule has 0 unspecified atom stereocenters. The van der Waals surface area contributed by atoms with Crippen LogP contribution in [0.1, 0.15) is 0 Å². The molecule has 1 aliphatic rings. The number of rotatable bonds is 0. The van der Waals surface area contributed by atoms with E-state index < -0.39 is 0 Å². The fourth-order valence-electron chi connectivity index (χ4n) is 0.736. The van der Waals surface area contributed by atoms with Gasteiger partial charge in [-0.2, -0.15) is 0 Å². The molecule has 0 saturated carbocycles. The van der Waals surface area contributed by atoms with Crippen LogP contribution in [0.3, 0.4) is 0 Å². The molecule has 0 aromatic heterocycles. The van der Waals surface area contributed by atoms with E-state index in [1.165, 1.54) is 0 Å². The van der Waals surface area contributed by atoms with Gasteiger partial charge >= 0.3 is 0 Å². The van der Waals surface area contributed by atoms with Gasteiger partial charge in [0.2, 0.25) is 0 Å². The average Bonchev–Trinajstić information content (AvgIpc) is 1.96. The van der Waals surface area contributed by atoms with Crippen molar-refractivity contribution >= 4 is 39.0 Å². The predicted octanol–water partition coefficient (Wildman–Crippen LogP) is 2.49. The Morgan fingerprint density at radius 2 is 2.18 bits per heavy atom. The lowest BCUT2D eigenvalue weighted by Crippen LogP contribution is -2.13. The molecule has 0 aromatic rings. The van der Waals surface area contributed by atoms with Crippen molar-refractivity contribution in [1.29, 1.82) is 5.41 Å². The van der Waals surface area contributed by atoms with Gasteiger partial charge in [-0.25, -0.2) is 0 Å². The van der Waals surface area contributed by atoms with E-state index in [4.69, 9.17) is 17.0 Å². The summed E-state index contributed by atoms with van der Waals surface area (Å²) in [6, 6.07) is 0. The van der Waals surface area contributed by atoms with Crippen molar-refractivity contribution < 1.29 is 0 Å². The first-order valence-corrected chi connectivity index (χ1v) is 4.12. The van der Waals surface area contributed by atoms with Crippen LogP contribution in [-0.4, -0.2) is 18.5 Å². The monoisotopic (exact) mass is 232 g/mol. The molecule has 11 heavy (non-hydrogen) atoms. The lowest BCUT2D eigenvalue weighted by atomic mass is 10.1. The van der Waals surface area contributed by atoms with E-state index in [2.05, 4.69) is 20.9 Å². The minimum absolute atomic E-state index is 0.372. The Kier molecular flexibility index (Phi) is 2.62. The Labute approximate surface area is 78.3 Å². The van der Waals surface area contributed by atoms with Crippen LogP contribution in [-0.2, 0) is 0 Å². The van der Waals surface area contributed by atoms with Crippen LogP contribution in [0.4, 0.5) is 0 Å². The van der Waals surface area contributed by atoms with Gasteiger partial charge in [0.1, 0.15) is 0 Å². The summed E-state index contributed by atoms with van der Waals surface area (Å²) in [5.41, 5.74) is 0.973. The molecule has 0 amide bonds. The third-order valence-electron chi connectivity index (χ3n) is 1.28. The second-order valence-corrected chi connectivity index (χ2v) is 3.30. The number of nitrogens with zero attached hydrogens (tertiary/aromatic N) is 1. The van der Waals surface area contributed by atoms with Crippen LogP contribution in [0.2, 0.25) is 0 Å². The van der Waals surface area contributed by atoms with Crippen molar-refractivity contribution in [3.8, 4) is 0 Å². The van der Waals surface area contributed by atoms with Crippen molar-refractivity contribution in [2.24, 2.45) is 4.99 Å². The average molecular weight is 233 g/mol. The fourth-order valence-corrected chi connectivity index (χ4v) is 1.53. The van der Waals surface area contributed by atoms with Crippen molar-refractivity contribution in [3.05, 3.63) is 21.7 Å². The standard InChI is InChI=1S/C7H6BrClN2/c1-11-6-3-4(9)2-5(8)7(6)10/h2-3,10H,1H3. The topological polar surface area (TPSA) is 36.2 Å². The van der Waals surface area contributed by atoms with E-state index in [9.17, 15) is 0 Å². The largest absolute Gasteiger partial charge is 0.297 e. The summed E-state index contributed by atoms with van der Waals surface area (Å²) in [4.78, 5) is 3.89. The number of allylic oxidation sites excluding steroid dienone is 4. The second kappa shape index (κ2) is 3.32. The van der Waals surface area contributed by atoms with Crippen LogP contribution in [0.15, 0.2) is 26.7 Å². The third-order valence-corrected chi connectivity index (χ3v) is 2.12. The first kappa shape index (κ1) is 8.68. The van der Waals surface area contributed by atoms with Crippen molar-refractivity contribution in [2.45, 2.75) is 0 Å². The van der Waals surface area contributed by atoms with Crippen molar-refractivity contribution in [2.75, 3.05) is 7.05 Å². The zero-order chi connectivity index (χ0) is 8.43. The van der Waals surface area contributed by atoms with E-state index in [0.717, 1.165) is 0 Å². The minimum atomic E-state index is 0.372. The molecule has 0 radical (unpaired) electrons. The normalized spacial score (nSPS) is 21.7. The zero-order valence-corrected chi connectivity index (χ0v) is 8.20. The Morgan fingerprint density at radius 1 is 1.55 bits per heavy atom. The van der Waals surface area contributed by atoms with Gasteiger partial charge in [0, 0.05) is 16.6 Å². The lowest BCUT2D eigenvalue weighted by Gasteiger charge is -2.07. The molecule has 0 saturated heterocycles. The summed E-state index contributed by atoms with van der Waals surface area (Å²) in [6.45, 7) is 0. The highest BCUT2D eigenvalue weighted by molar-refractivity contribution is 9.12. The van der Waals surface area contributed by atoms with Gasteiger partial charge in [-0.1, -0.05) is 11.6 Å². The summed E-state index contributed by atoms with van der Waals surface area (Å²) in [5, 5.41) is 8.08. The highest BCUT2D eigenvalue weighted by atomic mass is 79.9. The highest BCUT2D eigenvalue weighted by Gasteiger charge is 2.12. The summed E-state index contributed by atoms with van der Waals surface area (Å²) < 4.78 is 0.672. The number of aliphatic imine (C=N–C) groups is 1. The maximum absolute atomic E-state index is 7.49. The Hall–Kier alpha value is -0.410. The molecule has 0 fully saturated rings. The Balaban J connectivity index is 3.10. The molecule has 1 rings (SSSR count). The molecule has 4 heteroatoms.